The molecule has 8 nitrogen and oxygen atoms in total. The second kappa shape index (κ2) is 8.83. The number of benzene rings is 2. The van der Waals surface area contributed by atoms with Crippen molar-refractivity contribution < 1.29 is 19.4 Å². The first-order valence-electron chi connectivity index (χ1n) is 9.63. The molecule has 0 spiro atoms. The van der Waals surface area contributed by atoms with Gasteiger partial charge in [-0.3, -0.25) is 5.32 Å². The summed E-state index contributed by atoms with van der Waals surface area (Å²) < 4.78 is 5.27. The van der Waals surface area contributed by atoms with Crippen LogP contribution in [-0.4, -0.2) is 32.7 Å². The maximum atomic E-state index is 12.0. The fraction of sp³-hybridized carbons (Fsp3) is 0.217. The van der Waals surface area contributed by atoms with Crippen LogP contribution in [0, 0.1) is 0 Å². The van der Waals surface area contributed by atoms with E-state index in [4.69, 9.17) is 4.74 Å². The lowest BCUT2D eigenvalue weighted by molar-refractivity contribution is 0.0634. The number of hydrogen-bond donors (Lipinski definition) is 3. The van der Waals surface area contributed by atoms with Crippen molar-refractivity contribution in [3.63, 3.8) is 0 Å². The molecule has 1 heterocycles. The lowest BCUT2D eigenvalue weighted by Gasteiger charge is -2.19. The largest absolute Gasteiger partial charge is 0.478 e. The number of nitrogens with one attached hydrogen (secondary N) is 2. The summed E-state index contributed by atoms with van der Waals surface area (Å²) in [5, 5.41) is 16.0. The van der Waals surface area contributed by atoms with Gasteiger partial charge < -0.3 is 15.2 Å². The van der Waals surface area contributed by atoms with Crippen molar-refractivity contribution in [1.82, 2.24) is 9.97 Å². The van der Waals surface area contributed by atoms with E-state index in [1.807, 2.05) is 18.2 Å². The van der Waals surface area contributed by atoms with Gasteiger partial charge in [0.15, 0.2) is 0 Å². The second-order valence-corrected chi connectivity index (χ2v) is 7.88. The first kappa shape index (κ1) is 21.8. The molecule has 3 N–H and O–H groups in total. The van der Waals surface area contributed by atoms with E-state index in [0.29, 0.717) is 34.5 Å². The number of carboxylic acids is 1. The lowest BCUT2D eigenvalue weighted by atomic mass is 10.1. The van der Waals surface area contributed by atoms with Crippen molar-refractivity contribution in [2.24, 2.45) is 0 Å². The van der Waals surface area contributed by atoms with Crippen molar-refractivity contribution in [2.45, 2.75) is 32.9 Å². The number of hydrogen-bond acceptors (Lipinski definition) is 6. The summed E-state index contributed by atoms with van der Waals surface area (Å²) in [5.74, 6) is -0.569. The van der Waals surface area contributed by atoms with Crippen LogP contribution >= 0.6 is 0 Å². The highest BCUT2D eigenvalue weighted by Crippen LogP contribution is 2.26. The van der Waals surface area contributed by atoms with Crippen LogP contribution in [0.5, 0.6) is 0 Å². The van der Waals surface area contributed by atoms with Gasteiger partial charge in [0.05, 0.1) is 11.1 Å². The van der Waals surface area contributed by atoms with Gasteiger partial charge in [-0.1, -0.05) is 24.8 Å². The van der Waals surface area contributed by atoms with Gasteiger partial charge in [-0.15, -0.1) is 0 Å². The molecule has 0 saturated carbocycles. The van der Waals surface area contributed by atoms with Gasteiger partial charge in [0, 0.05) is 17.6 Å². The zero-order chi connectivity index (χ0) is 22.6. The Morgan fingerprint density at radius 2 is 1.97 bits per heavy atom. The number of fused-ring (bicyclic) bond motifs is 1. The molecular formula is C23H24N4O4. The number of carbonyl (C=O) groups excluding carboxylic acids is 1. The number of aromatic carboxylic acids is 1. The zero-order valence-corrected chi connectivity index (χ0v) is 17.6. The Morgan fingerprint density at radius 1 is 1.19 bits per heavy atom. The van der Waals surface area contributed by atoms with E-state index < -0.39 is 17.7 Å². The average molecular weight is 420 g/mol. The summed E-state index contributed by atoms with van der Waals surface area (Å²) >= 11 is 0. The Labute approximate surface area is 180 Å². The number of nitrogens with zero attached hydrogens (tertiary/aromatic N) is 2. The van der Waals surface area contributed by atoms with Crippen molar-refractivity contribution in [3.05, 3.63) is 66.0 Å². The molecule has 0 saturated heterocycles. The number of carbonyl (C=O) groups is 2. The molecule has 31 heavy (non-hydrogen) atoms. The molecule has 0 fully saturated rings. The highest BCUT2D eigenvalue weighted by Gasteiger charge is 2.17. The summed E-state index contributed by atoms with van der Waals surface area (Å²) in [4.78, 5) is 32.0. The molecule has 2 aromatic carbocycles. The minimum Gasteiger partial charge on any atom is -0.478 e. The van der Waals surface area contributed by atoms with Crippen LogP contribution in [0.3, 0.4) is 0 Å². The van der Waals surface area contributed by atoms with Gasteiger partial charge in [0.25, 0.3) is 0 Å². The molecular weight excluding hydrogens is 396 g/mol. The Balaban J connectivity index is 1.82. The molecule has 3 aromatic rings. The topological polar surface area (TPSA) is 113 Å². The molecule has 0 radical (unpaired) electrons. The molecule has 0 aliphatic rings. The number of rotatable bonds is 6. The lowest BCUT2D eigenvalue weighted by Crippen LogP contribution is -2.27. The summed E-state index contributed by atoms with van der Waals surface area (Å²) in [6.45, 7) is 9.51. The van der Waals surface area contributed by atoms with Crippen LogP contribution in [0.15, 0.2) is 49.3 Å². The van der Waals surface area contributed by atoms with Crippen molar-refractivity contribution in [3.8, 4) is 0 Å². The van der Waals surface area contributed by atoms with Gasteiger partial charge in [-0.05, 0) is 56.2 Å². The van der Waals surface area contributed by atoms with Crippen LogP contribution in [0.25, 0.3) is 17.0 Å². The van der Waals surface area contributed by atoms with Crippen molar-refractivity contribution in [2.75, 3.05) is 10.6 Å². The van der Waals surface area contributed by atoms with Crippen LogP contribution < -0.4 is 10.6 Å². The van der Waals surface area contributed by atoms with E-state index in [2.05, 4.69) is 27.2 Å². The van der Waals surface area contributed by atoms with Gasteiger partial charge >= 0.3 is 12.1 Å². The molecule has 3 rings (SSSR count). The van der Waals surface area contributed by atoms with Gasteiger partial charge in [-0.25, -0.2) is 19.6 Å². The number of carboxylic acid groups (broad SMARTS) is 1. The molecule has 160 valence electrons. The van der Waals surface area contributed by atoms with Crippen molar-refractivity contribution in [1.29, 1.82) is 0 Å². The summed E-state index contributed by atoms with van der Waals surface area (Å²) in [7, 11) is 0. The smallest absolute Gasteiger partial charge is 0.412 e. The number of aromatic nitrogens is 2. The van der Waals surface area contributed by atoms with E-state index in [-0.39, 0.29) is 5.56 Å². The molecule has 8 heteroatoms. The van der Waals surface area contributed by atoms with Crippen LogP contribution in [-0.2, 0) is 11.3 Å². The first-order chi connectivity index (χ1) is 14.7. The maximum absolute atomic E-state index is 12.0. The normalized spacial score (nSPS) is 11.1. The fourth-order valence-corrected chi connectivity index (χ4v) is 2.98. The number of amides is 1. The summed E-state index contributed by atoms with van der Waals surface area (Å²) in [6, 6.07) is 10.6. The van der Waals surface area contributed by atoms with E-state index >= 15 is 0 Å². The Bertz CT molecular complexity index is 1150. The number of anilines is 2. The third-order valence-electron chi connectivity index (χ3n) is 4.26. The Kier molecular flexibility index (Phi) is 6.20. The predicted octanol–water partition coefficient (Wildman–Crippen LogP) is 4.93. The summed E-state index contributed by atoms with van der Waals surface area (Å²) in [5.41, 5.74) is 1.99. The molecule has 0 unspecified atom stereocenters. The Hall–Kier alpha value is -3.94. The zero-order valence-electron chi connectivity index (χ0n) is 17.6. The highest BCUT2D eigenvalue weighted by molar-refractivity contribution is 6.05. The van der Waals surface area contributed by atoms with Gasteiger partial charge in [-0.2, -0.15) is 0 Å². The predicted molar refractivity (Wildman–Crippen MR) is 120 cm³/mol. The van der Waals surface area contributed by atoms with E-state index in [9.17, 15) is 14.7 Å². The Morgan fingerprint density at radius 3 is 2.65 bits per heavy atom. The minimum absolute atomic E-state index is 0.0846. The fourth-order valence-electron chi connectivity index (χ4n) is 2.98. The number of ether oxygens (including phenoxy) is 1. The van der Waals surface area contributed by atoms with Crippen LogP contribution in [0.4, 0.5) is 16.3 Å². The standard InChI is InChI=1S/C23H24N4O4/c1-5-14-10-17-19(18(11-14)21(28)29)25-13-26-20(17)24-12-15-7-6-8-16(9-15)27-22(30)31-23(2,3)4/h5-11,13H,1,12H2,2-4H3,(H,27,30)(H,28,29)(H,24,25,26). The van der Waals surface area contributed by atoms with Crippen molar-refractivity contribution >= 4 is 40.5 Å². The SMILES string of the molecule is C=Cc1cc(C(=O)O)c2ncnc(NCc3cccc(NC(=O)OC(C)(C)C)c3)c2c1. The molecule has 0 aliphatic heterocycles. The highest BCUT2D eigenvalue weighted by atomic mass is 16.6. The third-order valence-corrected chi connectivity index (χ3v) is 4.26. The summed E-state index contributed by atoms with van der Waals surface area (Å²) in [6.07, 6.45) is 2.37. The van der Waals surface area contributed by atoms with E-state index in [1.54, 1.807) is 39.0 Å². The second-order valence-electron chi connectivity index (χ2n) is 7.88. The van der Waals surface area contributed by atoms with Gasteiger partial charge in [0.1, 0.15) is 17.7 Å². The average Bonchev–Trinajstić information content (AvgIpc) is 2.70. The van der Waals surface area contributed by atoms with Crippen LogP contribution in [0.1, 0.15) is 42.3 Å². The molecule has 0 aliphatic carbocycles. The maximum Gasteiger partial charge on any atom is 0.412 e. The monoisotopic (exact) mass is 420 g/mol. The van der Waals surface area contributed by atoms with Gasteiger partial charge in [0.2, 0.25) is 0 Å². The molecule has 1 aromatic heterocycles. The van der Waals surface area contributed by atoms with E-state index in [1.165, 1.54) is 12.4 Å². The van der Waals surface area contributed by atoms with E-state index in [0.717, 1.165) is 5.56 Å². The first-order valence-corrected chi connectivity index (χ1v) is 9.63. The third kappa shape index (κ3) is 5.57. The quantitative estimate of drug-likeness (QED) is 0.518. The molecule has 0 bridgehead atoms. The molecule has 1 amide bonds. The molecule has 0 atom stereocenters. The minimum atomic E-state index is -1.07. The van der Waals surface area contributed by atoms with Crippen LogP contribution in [0.2, 0.25) is 0 Å².